The van der Waals surface area contributed by atoms with Crippen molar-refractivity contribution >= 4 is 35.0 Å². The number of carbonyl (C=O) groups is 2. The molecule has 2 rings (SSSR count). The Balaban J connectivity index is 2.39. The number of amides is 2. The molecule has 1 aliphatic rings. The molecule has 0 saturated carbocycles. The van der Waals surface area contributed by atoms with E-state index in [2.05, 4.69) is 5.32 Å². The Morgan fingerprint density at radius 2 is 1.76 bits per heavy atom. The molecule has 1 fully saturated rings. The third kappa shape index (κ3) is 2.87. The summed E-state index contributed by atoms with van der Waals surface area (Å²) in [6.45, 7) is 7.09. The lowest BCUT2D eigenvalue weighted by Gasteiger charge is -2.47. The summed E-state index contributed by atoms with van der Waals surface area (Å²) in [4.78, 5) is 26.4. The van der Waals surface area contributed by atoms with Crippen LogP contribution in [0.25, 0.3) is 0 Å². The van der Waals surface area contributed by atoms with E-state index in [1.54, 1.807) is 50.8 Å². The zero-order valence-electron chi connectivity index (χ0n) is 12.5. The highest BCUT2D eigenvalue weighted by Crippen LogP contribution is 2.30. The highest BCUT2D eigenvalue weighted by Gasteiger charge is 2.49. The van der Waals surface area contributed by atoms with Crippen molar-refractivity contribution < 1.29 is 9.59 Å². The van der Waals surface area contributed by atoms with Crippen molar-refractivity contribution in [2.24, 2.45) is 0 Å². The van der Waals surface area contributed by atoms with Gasteiger partial charge in [-0.1, -0.05) is 29.3 Å². The van der Waals surface area contributed by atoms with Gasteiger partial charge in [-0.25, -0.2) is 0 Å². The number of hydrogen-bond acceptors (Lipinski definition) is 2. The molecule has 0 radical (unpaired) electrons. The van der Waals surface area contributed by atoms with E-state index in [9.17, 15) is 9.59 Å². The van der Waals surface area contributed by atoms with Gasteiger partial charge in [0.25, 0.3) is 0 Å². The lowest BCUT2D eigenvalue weighted by Crippen LogP contribution is -2.71. The summed E-state index contributed by atoms with van der Waals surface area (Å²) in [5.74, 6) is -0.324. The van der Waals surface area contributed by atoms with Gasteiger partial charge in [0, 0.05) is 16.6 Å². The Morgan fingerprint density at radius 1 is 1.14 bits per heavy atom. The summed E-state index contributed by atoms with van der Waals surface area (Å²) >= 11 is 12.1. The molecule has 1 heterocycles. The van der Waals surface area contributed by atoms with Gasteiger partial charge in [-0.2, -0.15) is 0 Å². The zero-order valence-corrected chi connectivity index (χ0v) is 14.0. The Labute approximate surface area is 134 Å². The molecule has 0 unspecified atom stereocenters. The van der Waals surface area contributed by atoms with Crippen LogP contribution in [0.15, 0.2) is 18.2 Å². The fourth-order valence-electron chi connectivity index (χ4n) is 2.29. The van der Waals surface area contributed by atoms with Crippen molar-refractivity contribution in [3.8, 4) is 0 Å². The first kappa shape index (κ1) is 16.1. The van der Waals surface area contributed by atoms with Gasteiger partial charge in [-0.05, 0) is 45.4 Å². The lowest BCUT2D eigenvalue weighted by atomic mass is 9.89. The molecule has 1 saturated heterocycles. The van der Waals surface area contributed by atoms with Gasteiger partial charge < -0.3 is 10.2 Å². The maximum atomic E-state index is 12.6. The van der Waals surface area contributed by atoms with Crippen LogP contribution in [0.1, 0.15) is 33.3 Å². The van der Waals surface area contributed by atoms with Crippen LogP contribution in [0, 0.1) is 0 Å². The molecule has 0 bridgehead atoms. The zero-order chi connectivity index (χ0) is 16.0. The first-order chi connectivity index (χ1) is 9.55. The normalized spacial score (nSPS) is 20.4. The van der Waals surface area contributed by atoms with Crippen LogP contribution in [-0.2, 0) is 16.1 Å². The van der Waals surface area contributed by atoms with Crippen molar-refractivity contribution in [1.82, 2.24) is 10.2 Å². The van der Waals surface area contributed by atoms with E-state index in [0.717, 1.165) is 5.56 Å². The summed E-state index contributed by atoms with van der Waals surface area (Å²) in [6.07, 6.45) is 0. The highest BCUT2D eigenvalue weighted by molar-refractivity contribution is 6.35. The van der Waals surface area contributed by atoms with Gasteiger partial charge in [0.15, 0.2) is 0 Å². The van der Waals surface area contributed by atoms with Crippen LogP contribution >= 0.6 is 23.2 Å². The largest absolute Gasteiger partial charge is 0.340 e. The Hall–Kier alpha value is -1.26. The minimum atomic E-state index is -0.935. The molecule has 0 aliphatic carbocycles. The average Bonchev–Trinajstić information content (AvgIpc) is 2.34. The predicted octanol–water partition coefficient (Wildman–Crippen LogP) is 3.01. The molecule has 0 aromatic heterocycles. The second-order valence-corrected chi connectivity index (χ2v) is 7.11. The van der Waals surface area contributed by atoms with E-state index in [0.29, 0.717) is 10.0 Å². The number of piperazine rings is 1. The summed E-state index contributed by atoms with van der Waals surface area (Å²) in [6, 6.07) is 5.12. The lowest BCUT2D eigenvalue weighted by molar-refractivity contribution is -0.160. The molecule has 4 nitrogen and oxygen atoms in total. The second kappa shape index (κ2) is 5.18. The van der Waals surface area contributed by atoms with Crippen LogP contribution in [0.2, 0.25) is 10.0 Å². The van der Waals surface area contributed by atoms with E-state index in [4.69, 9.17) is 23.2 Å². The topological polar surface area (TPSA) is 49.4 Å². The van der Waals surface area contributed by atoms with Crippen LogP contribution in [0.3, 0.4) is 0 Å². The number of nitrogens with one attached hydrogen (secondary N) is 1. The molecule has 1 aliphatic heterocycles. The fourth-order valence-corrected chi connectivity index (χ4v) is 2.76. The molecule has 1 aromatic carbocycles. The smallest absolute Gasteiger partial charge is 0.248 e. The van der Waals surface area contributed by atoms with Gasteiger partial charge in [0.05, 0.1) is 0 Å². The van der Waals surface area contributed by atoms with Crippen LogP contribution < -0.4 is 5.32 Å². The summed E-state index contributed by atoms with van der Waals surface area (Å²) in [5.41, 5.74) is -1.10. The fraction of sp³-hybridized carbons (Fsp3) is 0.467. The van der Waals surface area contributed by atoms with Crippen molar-refractivity contribution in [2.45, 2.75) is 45.3 Å². The van der Waals surface area contributed by atoms with Gasteiger partial charge in [0.1, 0.15) is 11.1 Å². The van der Waals surface area contributed by atoms with Crippen molar-refractivity contribution in [2.75, 3.05) is 0 Å². The number of nitrogens with zero attached hydrogens (tertiary/aromatic N) is 1. The maximum absolute atomic E-state index is 12.6. The van der Waals surface area contributed by atoms with Gasteiger partial charge in [-0.15, -0.1) is 0 Å². The van der Waals surface area contributed by atoms with Crippen molar-refractivity contribution in [3.63, 3.8) is 0 Å². The van der Waals surface area contributed by atoms with E-state index in [1.807, 2.05) is 0 Å². The molecule has 0 spiro atoms. The second-order valence-electron chi connectivity index (χ2n) is 6.27. The quantitative estimate of drug-likeness (QED) is 0.907. The molecule has 0 atom stereocenters. The minimum Gasteiger partial charge on any atom is -0.340 e. The summed E-state index contributed by atoms with van der Waals surface area (Å²) in [7, 11) is 0. The van der Waals surface area contributed by atoms with E-state index in [-0.39, 0.29) is 18.4 Å². The van der Waals surface area contributed by atoms with Gasteiger partial charge in [0.2, 0.25) is 11.8 Å². The van der Waals surface area contributed by atoms with E-state index >= 15 is 0 Å². The van der Waals surface area contributed by atoms with Gasteiger partial charge in [-0.3, -0.25) is 9.59 Å². The highest BCUT2D eigenvalue weighted by atomic mass is 35.5. The minimum absolute atomic E-state index is 0.141. The molecule has 1 aromatic rings. The summed E-state index contributed by atoms with van der Waals surface area (Å²) < 4.78 is 0. The predicted molar refractivity (Wildman–Crippen MR) is 83.3 cm³/mol. The molecular weight excluding hydrogens is 311 g/mol. The summed E-state index contributed by atoms with van der Waals surface area (Å²) in [5, 5.41) is 3.77. The average molecular weight is 329 g/mol. The van der Waals surface area contributed by atoms with Crippen LogP contribution in [0.4, 0.5) is 0 Å². The monoisotopic (exact) mass is 328 g/mol. The molecule has 114 valence electrons. The molecule has 21 heavy (non-hydrogen) atoms. The number of halogens is 2. The number of hydrogen-bond donors (Lipinski definition) is 1. The third-order valence-corrected chi connectivity index (χ3v) is 4.37. The first-order valence-corrected chi connectivity index (χ1v) is 7.40. The van der Waals surface area contributed by atoms with Crippen LogP contribution in [-0.4, -0.2) is 27.8 Å². The standard InChI is InChI=1S/C15H18Cl2N2O2/c1-14(2)13(21)19(15(3,4)12(20)18-14)8-9-5-6-10(16)7-11(9)17/h5-7H,8H2,1-4H3,(H,18,20). The molecule has 1 N–H and O–H groups in total. The Kier molecular flexibility index (Phi) is 3.98. The number of carbonyl (C=O) groups excluding carboxylic acids is 2. The van der Waals surface area contributed by atoms with Gasteiger partial charge >= 0.3 is 0 Å². The number of rotatable bonds is 2. The Bertz CT molecular complexity index is 612. The van der Waals surface area contributed by atoms with E-state index < -0.39 is 11.1 Å². The maximum Gasteiger partial charge on any atom is 0.248 e. The number of benzene rings is 1. The Morgan fingerprint density at radius 3 is 2.33 bits per heavy atom. The third-order valence-electron chi connectivity index (χ3n) is 3.78. The molecule has 2 amide bonds. The van der Waals surface area contributed by atoms with E-state index in [1.165, 1.54) is 0 Å². The van der Waals surface area contributed by atoms with Crippen molar-refractivity contribution in [3.05, 3.63) is 33.8 Å². The first-order valence-electron chi connectivity index (χ1n) is 6.64. The van der Waals surface area contributed by atoms with Crippen LogP contribution in [0.5, 0.6) is 0 Å². The molecular formula is C15H18Cl2N2O2. The SMILES string of the molecule is CC1(C)NC(=O)C(C)(C)N(Cc2ccc(Cl)cc2Cl)C1=O. The molecule has 6 heteroatoms. The van der Waals surface area contributed by atoms with Crippen molar-refractivity contribution in [1.29, 1.82) is 0 Å².